The van der Waals surface area contributed by atoms with E-state index < -0.39 is 10.0 Å². The van der Waals surface area contributed by atoms with Gasteiger partial charge in [0.15, 0.2) is 0 Å². The highest BCUT2D eigenvalue weighted by molar-refractivity contribution is 7.89. The summed E-state index contributed by atoms with van der Waals surface area (Å²) in [6, 6.07) is 6.23. The topological polar surface area (TPSA) is 101 Å². The average molecular weight is 299 g/mol. The van der Waals surface area contributed by atoms with Gasteiger partial charge in [-0.3, -0.25) is 4.79 Å². The van der Waals surface area contributed by atoms with E-state index in [1.54, 1.807) is 25.1 Å². The molecular formula is C13H21N3O3S. The van der Waals surface area contributed by atoms with Gasteiger partial charge in [0.1, 0.15) is 0 Å². The molecule has 0 saturated carbocycles. The zero-order valence-electron chi connectivity index (χ0n) is 11.7. The first-order chi connectivity index (χ1) is 9.36. The molecule has 1 amide bonds. The molecule has 0 bridgehead atoms. The SMILES string of the molecule is CCNC(=O)CCNS(=O)(=O)c1cccc(C(C)N)c1. The lowest BCUT2D eigenvalue weighted by Gasteiger charge is -2.10. The summed E-state index contributed by atoms with van der Waals surface area (Å²) in [4.78, 5) is 11.4. The Kier molecular flexibility index (Phi) is 6.12. The van der Waals surface area contributed by atoms with Gasteiger partial charge in [0.25, 0.3) is 0 Å². The number of amides is 1. The quantitative estimate of drug-likeness (QED) is 0.683. The lowest BCUT2D eigenvalue weighted by atomic mass is 10.1. The third kappa shape index (κ3) is 4.92. The number of carbonyl (C=O) groups is 1. The van der Waals surface area contributed by atoms with Crippen LogP contribution in [-0.4, -0.2) is 27.4 Å². The minimum Gasteiger partial charge on any atom is -0.356 e. The van der Waals surface area contributed by atoms with Crippen LogP contribution in [0.2, 0.25) is 0 Å². The highest BCUT2D eigenvalue weighted by Gasteiger charge is 2.15. The number of hydrogen-bond acceptors (Lipinski definition) is 4. The molecule has 7 heteroatoms. The number of carbonyl (C=O) groups excluding carboxylic acids is 1. The van der Waals surface area contributed by atoms with E-state index in [1.165, 1.54) is 6.07 Å². The number of hydrogen-bond donors (Lipinski definition) is 3. The monoisotopic (exact) mass is 299 g/mol. The van der Waals surface area contributed by atoms with Gasteiger partial charge in [0.05, 0.1) is 4.90 Å². The number of rotatable bonds is 7. The first-order valence-corrected chi connectivity index (χ1v) is 7.97. The molecule has 0 aliphatic carbocycles. The van der Waals surface area contributed by atoms with Gasteiger partial charge in [-0.2, -0.15) is 0 Å². The van der Waals surface area contributed by atoms with E-state index in [-0.39, 0.29) is 29.8 Å². The van der Waals surface area contributed by atoms with E-state index in [9.17, 15) is 13.2 Å². The second kappa shape index (κ2) is 7.37. The zero-order valence-corrected chi connectivity index (χ0v) is 12.5. The number of nitrogens with two attached hydrogens (primary N) is 1. The Morgan fingerprint density at radius 2 is 2.10 bits per heavy atom. The van der Waals surface area contributed by atoms with Gasteiger partial charge >= 0.3 is 0 Å². The summed E-state index contributed by atoms with van der Waals surface area (Å²) in [6.07, 6.45) is 0.111. The van der Waals surface area contributed by atoms with Gasteiger partial charge in [0.2, 0.25) is 15.9 Å². The maximum atomic E-state index is 12.1. The Morgan fingerprint density at radius 1 is 1.40 bits per heavy atom. The molecule has 20 heavy (non-hydrogen) atoms. The molecule has 0 fully saturated rings. The molecule has 4 N–H and O–H groups in total. The van der Waals surface area contributed by atoms with E-state index >= 15 is 0 Å². The molecule has 1 atom stereocenters. The van der Waals surface area contributed by atoms with Gasteiger partial charge in [-0.25, -0.2) is 13.1 Å². The Labute approximate surface area is 119 Å². The Hall–Kier alpha value is -1.44. The Bertz CT molecular complexity index is 556. The van der Waals surface area contributed by atoms with Crippen molar-refractivity contribution in [1.82, 2.24) is 10.0 Å². The molecule has 0 heterocycles. The zero-order chi connectivity index (χ0) is 15.2. The van der Waals surface area contributed by atoms with Crippen LogP contribution >= 0.6 is 0 Å². The van der Waals surface area contributed by atoms with Crippen molar-refractivity contribution in [1.29, 1.82) is 0 Å². The van der Waals surface area contributed by atoms with Crippen molar-refractivity contribution < 1.29 is 13.2 Å². The maximum Gasteiger partial charge on any atom is 0.240 e. The minimum atomic E-state index is -3.61. The van der Waals surface area contributed by atoms with Crippen LogP contribution in [-0.2, 0) is 14.8 Å². The van der Waals surface area contributed by atoms with Gasteiger partial charge < -0.3 is 11.1 Å². The van der Waals surface area contributed by atoms with E-state index in [1.807, 2.05) is 6.92 Å². The number of benzene rings is 1. The third-order valence-electron chi connectivity index (χ3n) is 2.71. The van der Waals surface area contributed by atoms with Crippen LogP contribution < -0.4 is 15.8 Å². The van der Waals surface area contributed by atoms with E-state index in [2.05, 4.69) is 10.0 Å². The molecule has 0 aliphatic rings. The number of sulfonamides is 1. The van der Waals surface area contributed by atoms with Crippen molar-refractivity contribution in [3.63, 3.8) is 0 Å². The summed E-state index contributed by atoms with van der Waals surface area (Å²) in [6.45, 7) is 4.19. The first-order valence-electron chi connectivity index (χ1n) is 6.48. The maximum absolute atomic E-state index is 12.1. The van der Waals surface area contributed by atoms with E-state index in [0.717, 1.165) is 5.56 Å². The molecule has 1 unspecified atom stereocenters. The molecule has 6 nitrogen and oxygen atoms in total. The standard InChI is InChI=1S/C13H21N3O3S/c1-3-15-13(17)7-8-16-20(18,19)12-6-4-5-11(9-12)10(2)14/h4-6,9-10,16H,3,7-8,14H2,1-2H3,(H,15,17). The fourth-order valence-corrected chi connectivity index (χ4v) is 2.72. The van der Waals surface area contributed by atoms with Gasteiger partial charge in [-0.15, -0.1) is 0 Å². The molecule has 0 spiro atoms. The van der Waals surface area contributed by atoms with Crippen molar-refractivity contribution in [2.24, 2.45) is 5.73 Å². The average Bonchev–Trinajstić information content (AvgIpc) is 2.39. The highest BCUT2D eigenvalue weighted by Crippen LogP contribution is 2.15. The largest absolute Gasteiger partial charge is 0.356 e. The highest BCUT2D eigenvalue weighted by atomic mass is 32.2. The normalized spacial score (nSPS) is 12.9. The van der Waals surface area contributed by atoms with Crippen LogP contribution in [0.25, 0.3) is 0 Å². The van der Waals surface area contributed by atoms with E-state index in [4.69, 9.17) is 5.73 Å². The minimum absolute atomic E-state index is 0.0660. The molecule has 112 valence electrons. The summed E-state index contributed by atoms with van der Waals surface area (Å²) in [5.74, 6) is -0.181. The fraction of sp³-hybridized carbons (Fsp3) is 0.462. The predicted molar refractivity (Wildman–Crippen MR) is 77.5 cm³/mol. The van der Waals surface area contributed by atoms with Gasteiger partial charge in [0, 0.05) is 25.6 Å². The summed E-state index contributed by atoms with van der Waals surface area (Å²) >= 11 is 0. The van der Waals surface area contributed by atoms with Crippen molar-refractivity contribution in [3.8, 4) is 0 Å². The molecular weight excluding hydrogens is 278 g/mol. The molecule has 1 aromatic rings. The summed E-state index contributed by atoms with van der Waals surface area (Å²) in [7, 11) is -3.61. The van der Waals surface area contributed by atoms with Gasteiger partial charge in [-0.1, -0.05) is 12.1 Å². The lowest BCUT2D eigenvalue weighted by molar-refractivity contribution is -0.120. The number of nitrogens with one attached hydrogen (secondary N) is 2. The lowest BCUT2D eigenvalue weighted by Crippen LogP contribution is -2.30. The van der Waals surface area contributed by atoms with Crippen molar-refractivity contribution in [3.05, 3.63) is 29.8 Å². The second-order valence-corrected chi connectivity index (χ2v) is 6.23. The van der Waals surface area contributed by atoms with Crippen LogP contribution in [0.15, 0.2) is 29.2 Å². The Morgan fingerprint density at radius 3 is 2.70 bits per heavy atom. The molecule has 1 aromatic carbocycles. The fourth-order valence-electron chi connectivity index (χ4n) is 1.63. The molecule has 0 saturated heterocycles. The van der Waals surface area contributed by atoms with Crippen molar-refractivity contribution >= 4 is 15.9 Å². The molecule has 0 radical (unpaired) electrons. The van der Waals surface area contributed by atoms with Crippen LogP contribution in [0.3, 0.4) is 0 Å². The smallest absolute Gasteiger partial charge is 0.240 e. The summed E-state index contributed by atoms with van der Waals surface area (Å²) in [5.41, 5.74) is 6.48. The Balaban J connectivity index is 2.69. The molecule has 0 aliphatic heterocycles. The predicted octanol–water partition coefficient (Wildman–Crippen LogP) is 0.511. The first kappa shape index (κ1) is 16.6. The van der Waals surface area contributed by atoms with Crippen LogP contribution in [0.4, 0.5) is 0 Å². The summed E-state index contributed by atoms with van der Waals surface area (Å²) in [5, 5.41) is 2.61. The van der Waals surface area contributed by atoms with Crippen LogP contribution in [0.5, 0.6) is 0 Å². The van der Waals surface area contributed by atoms with Crippen molar-refractivity contribution in [2.75, 3.05) is 13.1 Å². The molecule has 0 aromatic heterocycles. The van der Waals surface area contributed by atoms with Crippen molar-refractivity contribution in [2.45, 2.75) is 31.2 Å². The molecule has 1 rings (SSSR count). The second-order valence-electron chi connectivity index (χ2n) is 4.46. The van der Waals surface area contributed by atoms with Gasteiger partial charge in [-0.05, 0) is 31.5 Å². The third-order valence-corrected chi connectivity index (χ3v) is 4.17. The van der Waals surface area contributed by atoms with E-state index in [0.29, 0.717) is 6.54 Å². The van der Waals surface area contributed by atoms with Crippen LogP contribution in [0, 0.1) is 0 Å². The summed E-state index contributed by atoms with van der Waals surface area (Å²) < 4.78 is 26.5. The van der Waals surface area contributed by atoms with Crippen LogP contribution in [0.1, 0.15) is 31.9 Å².